The topological polar surface area (TPSA) is 83.6 Å². The number of thiophene rings is 1. The maximum absolute atomic E-state index is 12.6. The molecule has 7 nitrogen and oxygen atoms in total. The van der Waals surface area contributed by atoms with E-state index in [1.165, 1.54) is 11.3 Å². The molecular weight excluding hydrogens is 424 g/mol. The number of nitrogens with one attached hydrogen (secondary N) is 2. The highest BCUT2D eigenvalue weighted by Gasteiger charge is 2.40. The van der Waals surface area contributed by atoms with Crippen LogP contribution in [0.15, 0.2) is 24.4 Å². The molecule has 0 radical (unpaired) electrons. The van der Waals surface area contributed by atoms with Crippen LogP contribution in [-0.4, -0.2) is 47.7 Å². The number of hydrogen-bond donors (Lipinski definition) is 2. The van der Waals surface area contributed by atoms with Crippen LogP contribution in [0.25, 0.3) is 0 Å². The van der Waals surface area contributed by atoms with E-state index in [4.69, 9.17) is 16.3 Å². The Labute approximate surface area is 184 Å². The van der Waals surface area contributed by atoms with Gasteiger partial charge in [-0.1, -0.05) is 11.6 Å². The standard InChI is InChI=1S/C21H25ClN4O3S/c1-26-10-6-14-12-15(13-23-16(14)7-11-26)24-20(28)29-21(8-2-3-9-21)25-19(27)17-4-5-18(22)30-17/h4-5,12-13H,2-3,6-11H2,1H3,(H,24,28)(H,25,27). The predicted molar refractivity (Wildman–Crippen MR) is 117 cm³/mol. The molecule has 2 amide bonds. The monoisotopic (exact) mass is 448 g/mol. The Balaban J connectivity index is 1.42. The summed E-state index contributed by atoms with van der Waals surface area (Å²) in [5, 5.41) is 5.70. The lowest BCUT2D eigenvalue weighted by Gasteiger charge is -2.29. The maximum Gasteiger partial charge on any atom is 0.413 e. The molecule has 0 atom stereocenters. The zero-order valence-corrected chi connectivity index (χ0v) is 18.4. The van der Waals surface area contributed by atoms with Crippen molar-refractivity contribution in [1.29, 1.82) is 0 Å². The number of likely N-dealkylation sites (N-methyl/N-ethyl adjacent to an activating group) is 1. The summed E-state index contributed by atoms with van der Waals surface area (Å²) in [6.45, 7) is 1.94. The molecule has 0 saturated heterocycles. The smallest absolute Gasteiger partial charge is 0.413 e. The van der Waals surface area contributed by atoms with Crippen LogP contribution in [0.3, 0.4) is 0 Å². The number of carbonyl (C=O) groups is 2. The Bertz CT molecular complexity index is 942. The summed E-state index contributed by atoms with van der Waals surface area (Å²) in [4.78, 5) is 32.5. The van der Waals surface area contributed by atoms with Crippen molar-refractivity contribution in [3.05, 3.63) is 44.9 Å². The van der Waals surface area contributed by atoms with E-state index in [9.17, 15) is 9.59 Å². The quantitative estimate of drug-likeness (QED) is 0.688. The lowest BCUT2D eigenvalue weighted by Crippen LogP contribution is -2.50. The van der Waals surface area contributed by atoms with E-state index in [1.807, 2.05) is 6.07 Å². The molecule has 1 aliphatic heterocycles. The van der Waals surface area contributed by atoms with Gasteiger partial charge in [0.25, 0.3) is 5.91 Å². The molecule has 0 aromatic carbocycles. The fourth-order valence-electron chi connectivity index (χ4n) is 3.99. The van der Waals surface area contributed by atoms with Crippen LogP contribution in [-0.2, 0) is 17.6 Å². The number of rotatable bonds is 4. The van der Waals surface area contributed by atoms with Crippen LogP contribution < -0.4 is 10.6 Å². The molecule has 1 aliphatic carbocycles. The Morgan fingerprint density at radius 1 is 1.23 bits per heavy atom. The Hall–Kier alpha value is -2.16. The Morgan fingerprint density at radius 2 is 2.00 bits per heavy atom. The van der Waals surface area contributed by atoms with Crippen molar-refractivity contribution in [3.8, 4) is 0 Å². The summed E-state index contributed by atoms with van der Waals surface area (Å²) in [5.41, 5.74) is 1.83. The second kappa shape index (κ2) is 8.91. The number of anilines is 1. The Morgan fingerprint density at radius 3 is 2.73 bits per heavy atom. The largest absolute Gasteiger partial charge is 0.423 e. The number of ether oxygens (including phenoxy) is 1. The summed E-state index contributed by atoms with van der Waals surface area (Å²) < 4.78 is 6.28. The van der Waals surface area contributed by atoms with Gasteiger partial charge in [0.1, 0.15) is 0 Å². The Kier molecular flexibility index (Phi) is 6.26. The minimum Gasteiger partial charge on any atom is -0.423 e. The van der Waals surface area contributed by atoms with Crippen LogP contribution in [0.2, 0.25) is 4.34 Å². The molecule has 9 heteroatoms. The maximum atomic E-state index is 12.6. The molecule has 1 saturated carbocycles. The van der Waals surface area contributed by atoms with Crippen LogP contribution in [0.1, 0.15) is 46.6 Å². The highest BCUT2D eigenvalue weighted by Crippen LogP contribution is 2.32. The molecule has 1 fully saturated rings. The van der Waals surface area contributed by atoms with E-state index in [0.717, 1.165) is 50.0 Å². The van der Waals surface area contributed by atoms with Crippen molar-refractivity contribution >= 4 is 40.6 Å². The molecule has 2 aliphatic rings. The van der Waals surface area contributed by atoms with Gasteiger partial charge in [0.05, 0.1) is 21.1 Å². The second-order valence-electron chi connectivity index (χ2n) is 7.91. The van der Waals surface area contributed by atoms with Crippen molar-refractivity contribution in [2.45, 2.75) is 44.2 Å². The number of hydrogen-bond acceptors (Lipinski definition) is 6. The fraction of sp³-hybridized carbons (Fsp3) is 0.476. The van der Waals surface area contributed by atoms with Crippen LogP contribution in [0, 0.1) is 0 Å². The first-order chi connectivity index (χ1) is 14.4. The predicted octanol–water partition coefficient (Wildman–Crippen LogP) is 4.08. The third-order valence-corrected chi connectivity index (χ3v) is 6.87. The summed E-state index contributed by atoms with van der Waals surface area (Å²) in [6.07, 6.45) is 5.80. The van der Waals surface area contributed by atoms with Gasteiger partial charge in [-0.05, 0) is 50.1 Å². The van der Waals surface area contributed by atoms with Gasteiger partial charge < -0.3 is 15.0 Å². The number of pyridine rings is 1. The zero-order chi connectivity index (χ0) is 21.1. The van der Waals surface area contributed by atoms with Crippen molar-refractivity contribution in [3.63, 3.8) is 0 Å². The van der Waals surface area contributed by atoms with Crippen LogP contribution in [0.4, 0.5) is 10.5 Å². The molecular formula is C21H25ClN4O3S. The van der Waals surface area contributed by atoms with Crippen molar-refractivity contribution in [2.75, 3.05) is 25.5 Å². The average molecular weight is 449 g/mol. The number of aromatic nitrogens is 1. The summed E-state index contributed by atoms with van der Waals surface area (Å²) in [5.74, 6) is -0.280. The van der Waals surface area contributed by atoms with Crippen molar-refractivity contribution < 1.29 is 14.3 Å². The lowest BCUT2D eigenvalue weighted by molar-refractivity contribution is 0.0000529. The molecule has 0 spiro atoms. The van der Waals surface area contributed by atoms with Crippen molar-refractivity contribution in [1.82, 2.24) is 15.2 Å². The highest BCUT2D eigenvalue weighted by atomic mass is 35.5. The summed E-state index contributed by atoms with van der Waals surface area (Å²) in [6, 6.07) is 5.32. The van der Waals surface area contributed by atoms with Gasteiger partial charge >= 0.3 is 6.09 Å². The second-order valence-corrected chi connectivity index (χ2v) is 9.62. The number of nitrogens with zero attached hydrogens (tertiary/aromatic N) is 2. The summed E-state index contributed by atoms with van der Waals surface area (Å²) in [7, 11) is 2.10. The first-order valence-corrected chi connectivity index (χ1v) is 11.4. The fourth-order valence-corrected chi connectivity index (χ4v) is 4.93. The van der Waals surface area contributed by atoms with E-state index in [-0.39, 0.29) is 5.91 Å². The minimum absolute atomic E-state index is 0.280. The van der Waals surface area contributed by atoms with E-state index >= 15 is 0 Å². The van der Waals surface area contributed by atoms with E-state index in [1.54, 1.807) is 18.3 Å². The third kappa shape index (κ3) is 4.94. The number of halogens is 1. The first kappa shape index (κ1) is 21.1. The molecule has 0 unspecified atom stereocenters. The summed E-state index contributed by atoms with van der Waals surface area (Å²) >= 11 is 7.13. The van der Waals surface area contributed by atoms with E-state index in [2.05, 4.69) is 27.6 Å². The van der Waals surface area contributed by atoms with Gasteiger partial charge in [-0.25, -0.2) is 4.79 Å². The van der Waals surface area contributed by atoms with Gasteiger partial charge in [-0.15, -0.1) is 11.3 Å². The van der Waals surface area contributed by atoms with Gasteiger partial charge in [-0.2, -0.15) is 0 Å². The molecule has 2 aromatic rings. The van der Waals surface area contributed by atoms with Gasteiger partial charge in [0.2, 0.25) is 0 Å². The highest BCUT2D eigenvalue weighted by molar-refractivity contribution is 7.18. The van der Waals surface area contributed by atoms with Gasteiger partial charge in [0.15, 0.2) is 5.72 Å². The van der Waals surface area contributed by atoms with Crippen LogP contribution in [0.5, 0.6) is 0 Å². The van der Waals surface area contributed by atoms with Crippen LogP contribution >= 0.6 is 22.9 Å². The molecule has 2 aromatic heterocycles. The van der Waals surface area contributed by atoms with Crippen molar-refractivity contribution in [2.24, 2.45) is 0 Å². The van der Waals surface area contributed by atoms with Gasteiger partial charge in [-0.3, -0.25) is 15.1 Å². The van der Waals surface area contributed by atoms with E-state index in [0.29, 0.717) is 27.7 Å². The molecule has 3 heterocycles. The van der Waals surface area contributed by atoms with E-state index < -0.39 is 11.8 Å². The lowest BCUT2D eigenvalue weighted by atomic mass is 10.1. The first-order valence-electron chi connectivity index (χ1n) is 10.2. The minimum atomic E-state index is -1.00. The normalized spacial score (nSPS) is 18.3. The number of fused-ring (bicyclic) bond motifs is 1. The third-order valence-electron chi connectivity index (χ3n) is 5.64. The SMILES string of the molecule is CN1CCc2cc(NC(=O)OC3(NC(=O)c4ccc(Cl)s4)CCCC3)cnc2CC1. The zero-order valence-electron chi connectivity index (χ0n) is 16.9. The molecule has 160 valence electrons. The van der Waals surface area contributed by atoms with Gasteiger partial charge in [0, 0.05) is 38.0 Å². The number of amides is 2. The molecule has 2 N–H and O–H groups in total. The average Bonchev–Trinajstić information content (AvgIpc) is 3.30. The number of carbonyl (C=O) groups excluding carboxylic acids is 2. The molecule has 4 rings (SSSR count). The molecule has 30 heavy (non-hydrogen) atoms. The molecule has 0 bridgehead atoms.